The number of halogens is 1. The third-order valence-corrected chi connectivity index (χ3v) is 4.65. The van der Waals surface area contributed by atoms with Crippen LogP contribution in [0.15, 0.2) is 40.9 Å². The van der Waals surface area contributed by atoms with Gasteiger partial charge in [0.15, 0.2) is 6.54 Å². The lowest BCUT2D eigenvalue weighted by atomic mass is 10.1. The van der Waals surface area contributed by atoms with Gasteiger partial charge in [-0.3, -0.25) is 4.79 Å². The summed E-state index contributed by atoms with van der Waals surface area (Å²) < 4.78 is 6.16. The molecule has 0 heterocycles. The maximum atomic E-state index is 12.2. The minimum atomic E-state index is 0.00290. The average Bonchev–Trinajstić information content (AvgIpc) is 2.56. The number of benzene rings is 2. The van der Waals surface area contributed by atoms with Gasteiger partial charge in [-0.05, 0) is 72.1 Å². The van der Waals surface area contributed by atoms with Crippen LogP contribution in [0.4, 0.5) is 5.69 Å². The van der Waals surface area contributed by atoms with Gasteiger partial charge in [-0.25, -0.2) is 0 Å². The first kappa shape index (κ1) is 18.5. The second kappa shape index (κ2) is 8.31. The normalized spacial score (nSPS) is 11.9. The van der Waals surface area contributed by atoms with Gasteiger partial charge in [-0.2, -0.15) is 0 Å². The fourth-order valence-electron chi connectivity index (χ4n) is 2.46. The Bertz CT molecular complexity index is 731. The van der Waals surface area contributed by atoms with Gasteiger partial charge in [-0.1, -0.05) is 12.1 Å². The molecule has 1 amide bonds. The lowest BCUT2D eigenvalue weighted by Gasteiger charge is -2.13. The van der Waals surface area contributed by atoms with Crippen molar-refractivity contribution in [2.75, 3.05) is 19.0 Å². The molecule has 2 aromatic carbocycles. The standard InChI is InChI=1S/C19H23BrN2O2/c1-12-5-6-13(2)17(9-12)22-19(23)11-21-14(3)15-7-8-18(24-4)16(20)10-15/h5-10,14,21H,11H2,1-4H3,(H,22,23)/p+1/t14-/m0/s1. The van der Waals surface area contributed by atoms with Gasteiger partial charge in [-0.15, -0.1) is 0 Å². The molecule has 0 saturated heterocycles. The van der Waals surface area contributed by atoms with Gasteiger partial charge in [0.05, 0.1) is 11.6 Å². The minimum Gasteiger partial charge on any atom is -0.496 e. The van der Waals surface area contributed by atoms with Crippen LogP contribution >= 0.6 is 15.9 Å². The van der Waals surface area contributed by atoms with Gasteiger partial charge in [0.1, 0.15) is 11.8 Å². The van der Waals surface area contributed by atoms with Crippen molar-refractivity contribution in [3.8, 4) is 5.75 Å². The summed E-state index contributed by atoms with van der Waals surface area (Å²) in [5.41, 5.74) is 4.23. The lowest BCUT2D eigenvalue weighted by molar-refractivity contribution is -0.682. The molecule has 2 aromatic rings. The van der Waals surface area contributed by atoms with Gasteiger partial charge in [0, 0.05) is 11.3 Å². The Balaban J connectivity index is 1.93. The molecule has 0 aliphatic rings. The number of quaternary nitrogens is 1. The topological polar surface area (TPSA) is 54.9 Å². The molecule has 2 rings (SSSR count). The van der Waals surface area contributed by atoms with E-state index in [1.54, 1.807) is 7.11 Å². The van der Waals surface area contributed by atoms with Gasteiger partial charge >= 0.3 is 0 Å². The number of nitrogens with one attached hydrogen (secondary N) is 1. The smallest absolute Gasteiger partial charge is 0.279 e. The molecule has 1 atom stereocenters. The van der Waals surface area contributed by atoms with Crippen molar-refractivity contribution in [2.45, 2.75) is 26.8 Å². The molecule has 5 heteroatoms. The molecule has 0 fully saturated rings. The first-order valence-corrected chi connectivity index (χ1v) is 8.74. The maximum Gasteiger partial charge on any atom is 0.279 e. The monoisotopic (exact) mass is 391 g/mol. The minimum absolute atomic E-state index is 0.00290. The number of nitrogens with two attached hydrogens (primary N) is 1. The number of methoxy groups -OCH3 is 1. The zero-order chi connectivity index (χ0) is 17.7. The third-order valence-electron chi connectivity index (χ3n) is 4.03. The number of carbonyl (C=O) groups is 1. The molecule has 128 valence electrons. The van der Waals surface area contributed by atoms with E-state index in [0.29, 0.717) is 6.54 Å². The number of hydrogen-bond acceptors (Lipinski definition) is 2. The molecule has 0 bridgehead atoms. The number of rotatable bonds is 6. The molecule has 0 aromatic heterocycles. The summed E-state index contributed by atoms with van der Waals surface area (Å²) in [4.78, 5) is 12.2. The molecule has 0 unspecified atom stereocenters. The van der Waals surface area contributed by atoms with Crippen LogP contribution in [-0.4, -0.2) is 19.6 Å². The lowest BCUT2D eigenvalue weighted by Crippen LogP contribution is -2.86. The van der Waals surface area contributed by atoms with Crippen LogP contribution in [0.25, 0.3) is 0 Å². The van der Waals surface area contributed by atoms with Crippen LogP contribution in [0.1, 0.15) is 29.7 Å². The van der Waals surface area contributed by atoms with Crippen LogP contribution in [0.2, 0.25) is 0 Å². The van der Waals surface area contributed by atoms with E-state index in [1.165, 1.54) is 0 Å². The van der Waals surface area contributed by atoms with Crippen molar-refractivity contribution in [3.63, 3.8) is 0 Å². The molecule has 0 aliphatic heterocycles. The summed E-state index contributed by atoms with van der Waals surface area (Å²) in [6.45, 7) is 6.47. The summed E-state index contributed by atoms with van der Waals surface area (Å²) in [6, 6.07) is 12.2. The van der Waals surface area contributed by atoms with E-state index in [9.17, 15) is 4.79 Å². The van der Waals surface area contributed by atoms with Crippen molar-refractivity contribution < 1.29 is 14.8 Å². The fourth-order valence-corrected chi connectivity index (χ4v) is 3.02. The Labute approximate surface area is 151 Å². The number of aryl methyl sites for hydroxylation is 2. The number of carbonyl (C=O) groups excluding carboxylic acids is 1. The second-order valence-corrected chi connectivity index (χ2v) is 6.84. The van der Waals surface area contributed by atoms with Crippen molar-refractivity contribution in [3.05, 3.63) is 57.6 Å². The van der Waals surface area contributed by atoms with E-state index < -0.39 is 0 Å². The molecular weight excluding hydrogens is 368 g/mol. The number of ether oxygens (including phenoxy) is 1. The summed E-state index contributed by atoms with van der Waals surface area (Å²) >= 11 is 3.50. The quantitative estimate of drug-likeness (QED) is 0.793. The highest BCUT2D eigenvalue weighted by molar-refractivity contribution is 9.10. The maximum absolute atomic E-state index is 12.2. The summed E-state index contributed by atoms with van der Waals surface area (Å²) in [6.07, 6.45) is 0. The van der Waals surface area contributed by atoms with Crippen molar-refractivity contribution in [1.29, 1.82) is 0 Å². The van der Waals surface area contributed by atoms with E-state index in [1.807, 2.05) is 55.6 Å². The number of anilines is 1. The Morgan fingerprint density at radius 1 is 1.25 bits per heavy atom. The molecule has 0 aliphatic carbocycles. The highest BCUT2D eigenvalue weighted by Gasteiger charge is 2.14. The Hall–Kier alpha value is -1.85. The molecule has 3 N–H and O–H groups in total. The third kappa shape index (κ3) is 4.82. The van der Waals surface area contributed by atoms with Crippen LogP contribution in [0.5, 0.6) is 5.75 Å². The molecule has 4 nitrogen and oxygen atoms in total. The molecule has 0 radical (unpaired) electrons. The number of hydrogen-bond donors (Lipinski definition) is 2. The Kier molecular flexibility index (Phi) is 6.40. The predicted octanol–water partition coefficient (Wildman–Crippen LogP) is 3.34. The molecule has 24 heavy (non-hydrogen) atoms. The van der Waals surface area contributed by atoms with Crippen LogP contribution < -0.4 is 15.4 Å². The molecule has 0 saturated carbocycles. The van der Waals surface area contributed by atoms with Gasteiger partial charge < -0.3 is 15.4 Å². The summed E-state index contributed by atoms with van der Waals surface area (Å²) in [5.74, 6) is 0.807. The molecular formula is C19H24BrN2O2+. The van der Waals surface area contributed by atoms with Crippen LogP contribution in [0, 0.1) is 13.8 Å². The fraction of sp³-hybridized carbons (Fsp3) is 0.316. The predicted molar refractivity (Wildman–Crippen MR) is 100 cm³/mol. The zero-order valence-electron chi connectivity index (χ0n) is 14.5. The van der Waals surface area contributed by atoms with Crippen LogP contribution in [0.3, 0.4) is 0 Å². The van der Waals surface area contributed by atoms with E-state index in [-0.39, 0.29) is 11.9 Å². The summed E-state index contributed by atoms with van der Waals surface area (Å²) in [7, 11) is 1.65. The van der Waals surface area contributed by atoms with E-state index >= 15 is 0 Å². The average molecular weight is 392 g/mol. The Morgan fingerprint density at radius 2 is 2.00 bits per heavy atom. The van der Waals surface area contributed by atoms with Crippen molar-refractivity contribution in [2.24, 2.45) is 0 Å². The van der Waals surface area contributed by atoms with Gasteiger partial charge in [0.25, 0.3) is 5.91 Å². The highest BCUT2D eigenvalue weighted by Crippen LogP contribution is 2.27. The van der Waals surface area contributed by atoms with Crippen LogP contribution in [-0.2, 0) is 4.79 Å². The first-order valence-electron chi connectivity index (χ1n) is 7.94. The van der Waals surface area contributed by atoms with Crippen molar-refractivity contribution >= 4 is 27.5 Å². The Morgan fingerprint density at radius 3 is 2.67 bits per heavy atom. The SMILES string of the molecule is COc1ccc([C@H](C)[NH2+]CC(=O)Nc2cc(C)ccc2C)cc1Br. The first-order chi connectivity index (χ1) is 11.4. The number of amides is 1. The van der Waals surface area contributed by atoms with E-state index in [4.69, 9.17) is 4.74 Å². The van der Waals surface area contributed by atoms with Crippen molar-refractivity contribution in [1.82, 2.24) is 0 Å². The molecule has 0 spiro atoms. The summed E-state index contributed by atoms with van der Waals surface area (Å²) in [5, 5.41) is 5.01. The largest absolute Gasteiger partial charge is 0.496 e. The van der Waals surface area contributed by atoms with E-state index in [0.717, 1.165) is 32.6 Å². The second-order valence-electron chi connectivity index (χ2n) is 5.99. The zero-order valence-corrected chi connectivity index (χ0v) is 16.1. The van der Waals surface area contributed by atoms with Gasteiger partial charge in [0.2, 0.25) is 0 Å². The highest BCUT2D eigenvalue weighted by atomic mass is 79.9. The van der Waals surface area contributed by atoms with E-state index in [2.05, 4.69) is 28.2 Å².